The quantitative estimate of drug-likeness (QED) is 0.769. The highest BCUT2D eigenvalue weighted by Crippen LogP contribution is 2.38. The topological polar surface area (TPSA) is 93.7 Å². The molecule has 9 heteroatoms. The molecular formula is C19H21ClN2O5S. The van der Waals surface area contributed by atoms with Gasteiger partial charge in [0.15, 0.2) is 11.5 Å². The van der Waals surface area contributed by atoms with Gasteiger partial charge in [-0.1, -0.05) is 17.7 Å². The van der Waals surface area contributed by atoms with Crippen LogP contribution in [0, 0.1) is 6.92 Å². The highest BCUT2D eigenvalue weighted by atomic mass is 35.5. The average Bonchev–Trinajstić information content (AvgIpc) is 2.89. The molecular weight excluding hydrogens is 404 g/mol. The van der Waals surface area contributed by atoms with E-state index in [1.54, 1.807) is 31.2 Å². The number of amides is 1. The summed E-state index contributed by atoms with van der Waals surface area (Å²) in [6.07, 6.45) is 0.810. The van der Waals surface area contributed by atoms with Crippen LogP contribution in [-0.2, 0) is 21.2 Å². The van der Waals surface area contributed by atoms with Gasteiger partial charge in [0.1, 0.15) is 0 Å². The molecule has 0 unspecified atom stereocenters. The van der Waals surface area contributed by atoms with Gasteiger partial charge in [-0.3, -0.25) is 4.79 Å². The van der Waals surface area contributed by atoms with E-state index < -0.39 is 10.0 Å². The van der Waals surface area contributed by atoms with E-state index in [4.69, 9.17) is 21.1 Å². The van der Waals surface area contributed by atoms with E-state index in [-0.39, 0.29) is 17.2 Å². The Balaban J connectivity index is 1.77. The summed E-state index contributed by atoms with van der Waals surface area (Å²) in [5.74, 6) is 0.705. The average molecular weight is 425 g/mol. The molecule has 0 radical (unpaired) electrons. The number of sulfonamides is 1. The molecule has 0 saturated carbocycles. The maximum absolute atomic E-state index is 12.5. The second-order valence-electron chi connectivity index (χ2n) is 6.37. The molecule has 2 aromatic rings. The van der Waals surface area contributed by atoms with Crippen LogP contribution in [0.3, 0.4) is 0 Å². The van der Waals surface area contributed by atoms with Gasteiger partial charge in [0.05, 0.1) is 29.6 Å². The van der Waals surface area contributed by atoms with Crippen molar-refractivity contribution in [2.24, 2.45) is 0 Å². The number of fused-ring (bicyclic) bond motifs is 1. The number of rotatable bonds is 5. The van der Waals surface area contributed by atoms with Gasteiger partial charge in [0, 0.05) is 12.1 Å². The number of carbonyl (C=O) groups excluding carboxylic acids is 1. The van der Waals surface area contributed by atoms with Crippen molar-refractivity contribution < 1.29 is 22.7 Å². The van der Waals surface area contributed by atoms with E-state index in [1.165, 1.54) is 13.1 Å². The fourth-order valence-electron chi connectivity index (χ4n) is 2.85. The first-order valence-corrected chi connectivity index (χ1v) is 10.6. The Labute approximate surface area is 169 Å². The predicted molar refractivity (Wildman–Crippen MR) is 107 cm³/mol. The number of hydrogen-bond donors (Lipinski definition) is 2. The summed E-state index contributed by atoms with van der Waals surface area (Å²) in [5, 5.41) is 3.11. The van der Waals surface area contributed by atoms with Gasteiger partial charge in [0.2, 0.25) is 15.9 Å². The second kappa shape index (κ2) is 8.38. The lowest BCUT2D eigenvalue weighted by Crippen LogP contribution is -2.20. The molecule has 28 heavy (non-hydrogen) atoms. The molecule has 0 saturated heterocycles. The van der Waals surface area contributed by atoms with Crippen LogP contribution in [0.5, 0.6) is 11.5 Å². The number of hydrogen-bond acceptors (Lipinski definition) is 5. The minimum absolute atomic E-state index is 0.0539. The molecule has 0 aromatic heterocycles. The number of nitrogens with one attached hydrogen (secondary N) is 2. The van der Waals surface area contributed by atoms with Gasteiger partial charge >= 0.3 is 0 Å². The lowest BCUT2D eigenvalue weighted by molar-refractivity contribution is -0.115. The van der Waals surface area contributed by atoms with E-state index in [1.807, 2.05) is 0 Å². The first-order chi connectivity index (χ1) is 13.3. The third-order valence-electron chi connectivity index (χ3n) is 4.26. The molecule has 1 aliphatic heterocycles. The van der Waals surface area contributed by atoms with Gasteiger partial charge < -0.3 is 14.8 Å². The first-order valence-electron chi connectivity index (χ1n) is 8.72. The first kappa shape index (κ1) is 20.4. The third kappa shape index (κ3) is 4.57. The van der Waals surface area contributed by atoms with Crippen LogP contribution in [0.25, 0.3) is 0 Å². The van der Waals surface area contributed by atoms with Crippen LogP contribution >= 0.6 is 11.6 Å². The molecule has 2 N–H and O–H groups in total. The van der Waals surface area contributed by atoms with Crippen molar-refractivity contribution in [3.05, 3.63) is 46.5 Å². The van der Waals surface area contributed by atoms with E-state index in [9.17, 15) is 13.2 Å². The highest BCUT2D eigenvalue weighted by Gasteiger charge is 2.18. The number of halogens is 1. The summed E-state index contributed by atoms with van der Waals surface area (Å²) in [4.78, 5) is 12.6. The maximum Gasteiger partial charge on any atom is 0.240 e. The van der Waals surface area contributed by atoms with Gasteiger partial charge in [-0.25, -0.2) is 13.1 Å². The number of ether oxygens (including phenoxy) is 2. The number of aryl methyl sites for hydroxylation is 1. The Hall–Kier alpha value is -2.29. The van der Waals surface area contributed by atoms with Crippen LogP contribution in [0.2, 0.25) is 5.02 Å². The van der Waals surface area contributed by atoms with Gasteiger partial charge in [0.25, 0.3) is 0 Å². The molecule has 0 fully saturated rings. The Morgan fingerprint density at radius 1 is 1.18 bits per heavy atom. The van der Waals surface area contributed by atoms with E-state index in [0.29, 0.717) is 46.5 Å². The standard InChI is InChI=1S/C19H21ClN2O5S/c1-12-4-5-14(11-17(12)28(24,25)21-2)22-18(23)10-13-8-15(20)19-16(9-13)26-6-3-7-27-19/h4-5,8-9,11,21H,3,6-7,10H2,1-2H3,(H,22,23). The van der Waals surface area contributed by atoms with Crippen LogP contribution < -0.4 is 19.5 Å². The van der Waals surface area contributed by atoms with E-state index >= 15 is 0 Å². The Morgan fingerprint density at radius 3 is 2.68 bits per heavy atom. The summed E-state index contributed by atoms with van der Waals surface area (Å²) in [6.45, 7) is 2.73. The molecule has 1 heterocycles. The second-order valence-corrected chi connectivity index (χ2v) is 8.63. The molecule has 0 bridgehead atoms. The predicted octanol–water partition coefficient (Wildman–Crippen LogP) is 2.90. The largest absolute Gasteiger partial charge is 0.489 e. The number of carbonyl (C=O) groups is 1. The van der Waals surface area contributed by atoms with Crippen molar-refractivity contribution in [3.63, 3.8) is 0 Å². The molecule has 1 amide bonds. The molecule has 150 valence electrons. The highest BCUT2D eigenvalue weighted by molar-refractivity contribution is 7.89. The molecule has 3 rings (SSSR count). The van der Waals surface area contributed by atoms with E-state index in [2.05, 4.69) is 10.0 Å². The van der Waals surface area contributed by atoms with Crippen LogP contribution in [0.4, 0.5) is 5.69 Å². The van der Waals surface area contributed by atoms with Crippen molar-refractivity contribution >= 4 is 33.2 Å². The van der Waals surface area contributed by atoms with Crippen molar-refractivity contribution in [1.29, 1.82) is 0 Å². The maximum atomic E-state index is 12.5. The Morgan fingerprint density at radius 2 is 1.93 bits per heavy atom. The smallest absolute Gasteiger partial charge is 0.240 e. The monoisotopic (exact) mass is 424 g/mol. The molecule has 0 aliphatic carbocycles. The summed E-state index contributed by atoms with van der Waals surface area (Å²) in [7, 11) is -2.27. The Bertz CT molecular complexity index is 1010. The molecule has 0 atom stereocenters. The van der Waals surface area contributed by atoms with Crippen LogP contribution in [-0.4, -0.2) is 34.6 Å². The fourth-order valence-corrected chi connectivity index (χ4v) is 4.14. The van der Waals surface area contributed by atoms with Crippen molar-refractivity contribution in [2.45, 2.75) is 24.7 Å². The van der Waals surface area contributed by atoms with Crippen LogP contribution in [0.1, 0.15) is 17.5 Å². The number of benzene rings is 2. The zero-order valence-corrected chi connectivity index (χ0v) is 17.1. The summed E-state index contributed by atoms with van der Waals surface area (Å²) >= 11 is 6.26. The summed E-state index contributed by atoms with van der Waals surface area (Å²) in [5.41, 5.74) is 1.65. The molecule has 7 nitrogen and oxygen atoms in total. The number of anilines is 1. The fraction of sp³-hybridized carbons (Fsp3) is 0.316. The van der Waals surface area contributed by atoms with Gasteiger partial charge in [-0.05, 0) is 49.4 Å². The van der Waals surface area contributed by atoms with Crippen molar-refractivity contribution in [2.75, 3.05) is 25.6 Å². The molecule has 0 spiro atoms. The lowest BCUT2D eigenvalue weighted by Gasteiger charge is -2.13. The minimum atomic E-state index is -3.61. The van der Waals surface area contributed by atoms with Gasteiger partial charge in [-0.15, -0.1) is 0 Å². The summed E-state index contributed by atoms with van der Waals surface area (Å²) in [6, 6.07) is 8.13. The minimum Gasteiger partial charge on any atom is -0.489 e. The zero-order valence-electron chi connectivity index (χ0n) is 15.5. The molecule has 2 aromatic carbocycles. The molecule has 1 aliphatic rings. The SMILES string of the molecule is CNS(=O)(=O)c1cc(NC(=O)Cc2cc(Cl)c3c(c2)OCCCO3)ccc1C. The third-order valence-corrected chi connectivity index (χ3v) is 6.09. The Kier molecular flexibility index (Phi) is 6.12. The van der Waals surface area contributed by atoms with E-state index in [0.717, 1.165) is 6.42 Å². The summed E-state index contributed by atoms with van der Waals surface area (Å²) < 4.78 is 37.7. The van der Waals surface area contributed by atoms with Crippen molar-refractivity contribution in [3.8, 4) is 11.5 Å². The van der Waals surface area contributed by atoms with Crippen molar-refractivity contribution in [1.82, 2.24) is 4.72 Å². The lowest BCUT2D eigenvalue weighted by atomic mass is 10.1. The zero-order chi connectivity index (χ0) is 20.3. The normalized spacial score (nSPS) is 13.7. The van der Waals surface area contributed by atoms with Crippen LogP contribution in [0.15, 0.2) is 35.2 Å². The van der Waals surface area contributed by atoms with Gasteiger partial charge in [-0.2, -0.15) is 0 Å².